The molecule has 10 aromatic rings. The Hall–Kier alpha value is -7.17. The Labute approximate surface area is 312 Å². The molecule has 1 atom stereocenters. The summed E-state index contributed by atoms with van der Waals surface area (Å²) >= 11 is 0. The van der Waals surface area contributed by atoms with E-state index in [1.165, 1.54) is 33.0 Å². The molecule has 4 heteroatoms. The summed E-state index contributed by atoms with van der Waals surface area (Å²) in [4.78, 5) is 5.35. The van der Waals surface area contributed by atoms with Crippen LogP contribution >= 0.6 is 0 Å². The first kappa shape index (κ1) is 30.5. The second-order valence-corrected chi connectivity index (χ2v) is 13.9. The number of aliphatic imine (C=N–C) groups is 1. The molecule has 0 aliphatic carbocycles. The number of nitrogens with one attached hydrogen (secondary N) is 1. The smallest absolute Gasteiger partial charge is 0.159 e. The molecule has 1 N–H and O–H groups in total. The lowest BCUT2D eigenvalue weighted by atomic mass is 9.95. The summed E-state index contributed by atoms with van der Waals surface area (Å²) in [5.74, 6) is 0. The maximum absolute atomic E-state index is 6.89. The molecule has 0 fully saturated rings. The van der Waals surface area contributed by atoms with Gasteiger partial charge in [0.25, 0.3) is 0 Å². The standard InChI is InChI=1S/C50H33N3O/c1-3-13-32(14-4-1)33-25-27-35(28-26-33)48-40-17-7-9-21-42(40)51-50(52-48)36-29-30-38-39-20-12-24-45(49(39)54-46(38)31-36)53-43-22-10-8-18-41(43)47-37(19-11-23-44(47)53)34-15-5-2-6-16-34/h1-31,50-51H. The van der Waals surface area contributed by atoms with Gasteiger partial charge in [0.15, 0.2) is 5.58 Å². The molecule has 0 saturated carbocycles. The Morgan fingerprint density at radius 1 is 0.481 bits per heavy atom. The van der Waals surface area contributed by atoms with Gasteiger partial charge in [-0.15, -0.1) is 0 Å². The summed E-state index contributed by atoms with van der Waals surface area (Å²) in [5.41, 5.74) is 15.1. The Morgan fingerprint density at radius 2 is 1.13 bits per heavy atom. The van der Waals surface area contributed by atoms with E-state index < -0.39 is 0 Å². The number of aromatic nitrogens is 1. The molecule has 3 heterocycles. The van der Waals surface area contributed by atoms with Crippen LogP contribution in [0.15, 0.2) is 197 Å². The highest BCUT2D eigenvalue weighted by atomic mass is 16.3. The minimum absolute atomic E-state index is 0.283. The van der Waals surface area contributed by atoms with Crippen molar-refractivity contribution in [2.75, 3.05) is 5.32 Å². The van der Waals surface area contributed by atoms with Crippen molar-refractivity contribution in [2.24, 2.45) is 4.99 Å². The summed E-state index contributed by atoms with van der Waals surface area (Å²) in [7, 11) is 0. The number of nitrogens with zero attached hydrogens (tertiary/aromatic N) is 2. The third-order valence-electron chi connectivity index (χ3n) is 10.8. The van der Waals surface area contributed by atoms with Gasteiger partial charge in [0.05, 0.1) is 22.4 Å². The number of hydrogen-bond donors (Lipinski definition) is 1. The quantitative estimate of drug-likeness (QED) is 0.195. The Balaban J connectivity index is 1.04. The van der Waals surface area contributed by atoms with Crippen molar-refractivity contribution in [1.29, 1.82) is 0 Å². The molecule has 0 bridgehead atoms. The van der Waals surface area contributed by atoms with E-state index in [0.29, 0.717) is 0 Å². The predicted molar refractivity (Wildman–Crippen MR) is 224 cm³/mol. The summed E-state index contributed by atoms with van der Waals surface area (Å²) in [6, 6.07) is 66.6. The van der Waals surface area contributed by atoms with Crippen LogP contribution in [0.25, 0.3) is 71.7 Å². The predicted octanol–water partition coefficient (Wildman–Crippen LogP) is 13.0. The molecule has 8 aromatic carbocycles. The molecule has 11 rings (SSSR count). The van der Waals surface area contributed by atoms with Crippen molar-refractivity contribution < 1.29 is 4.42 Å². The number of para-hydroxylation sites is 3. The molecule has 1 aliphatic rings. The topological polar surface area (TPSA) is 42.5 Å². The maximum Gasteiger partial charge on any atom is 0.159 e. The molecular formula is C50H33N3O. The van der Waals surface area contributed by atoms with E-state index in [0.717, 1.165) is 66.7 Å². The van der Waals surface area contributed by atoms with Gasteiger partial charge in [-0.05, 0) is 52.6 Å². The highest BCUT2D eigenvalue weighted by molar-refractivity contribution is 6.18. The molecule has 1 aliphatic heterocycles. The van der Waals surface area contributed by atoms with E-state index in [-0.39, 0.29) is 6.17 Å². The van der Waals surface area contributed by atoms with Crippen molar-refractivity contribution >= 4 is 55.1 Å². The summed E-state index contributed by atoms with van der Waals surface area (Å²) in [6.07, 6.45) is -0.283. The average Bonchev–Trinajstić information content (AvgIpc) is 3.80. The lowest BCUT2D eigenvalue weighted by Crippen LogP contribution is -2.20. The molecule has 0 radical (unpaired) electrons. The van der Waals surface area contributed by atoms with Crippen molar-refractivity contribution in [2.45, 2.75) is 6.17 Å². The van der Waals surface area contributed by atoms with E-state index in [1.807, 2.05) is 6.07 Å². The first-order valence-corrected chi connectivity index (χ1v) is 18.4. The molecule has 0 amide bonds. The third kappa shape index (κ3) is 4.81. The molecular weight excluding hydrogens is 659 g/mol. The van der Waals surface area contributed by atoms with Crippen LogP contribution in [-0.2, 0) is 0 Å². The largest absolute Gasteiger partial charge is 0.454 e. The number of hydrogen-bond acceptors (Lipinski definition) is 3. The van der Waals surface area contributed by atoms with Gasteiger partial charge in [0, 0.05) is 43.9 Å². The van der Waals surface area contributed by atoms with Crippen molar-refractivity contribution in [3.63, 3.8) is 0 Å². The van der Waals surface area contributed by atoms with E-state index in [4.69, 9.17) is 9.41 Å². The van der Waals surface area contributed by atoms with Gasteiger partial charge in [0.2, 0.25) is 0 Å². The Bertz CT molecular complexity index is 3060. The average molecular weight is 692 g/mol. The van der Waals surface area contributed by atoms with Gasteiger partial charge < -0.3 is 14.3 Å². The van der Waals surface area contributed by atoms with Crippen molar-refractivity contribution in [3.05, 3.63) is 205 Å². The van der Waals surface area contributed by atoms with Crippen LogP contribution < -0.4 is 5.32 Å². The zero-order valence-electron chi connectivity index (χ0n) is 29.3. The number of anilines is 1. The molecule has 1 unspecified atom stereocenters. The van der Waals surface area contributed by atoms with Gasteiger partial charge in [-0.1, -0.05) is 158 Å². The van der Waals surface area contributed by atoms with Crippen LogP contribution in [0.2, 0.25) is 0 Å². The van der Waals surface area contributed by atoms with E-state index >= 15 is 0 Å². The Morgan fingerprint density at radius 3 is 1.98 bits per heavy atom. The van der Waals surface area contributed by atoms with Crippen LogP contribution in [0, 0.1) is 0 Å². The monoisotopic (exact) mass is 691 g/mol. The molecule has 2 aromatic heterocycles. The second kappa shape index (κ2) is 12.2. The van der Waals surface area contributed by atoms with E-state index in [1.54, 1.807) is 0 Å². The van der Waals surface area contributed by atoms with E-state index in [9.17, 15) is 0 Å². The van der Waals surface area contributed by atoms with Crippen LogP contribution in [0.3, 0.4) is 0 Å². The molecule has 4 nitrogen and oxygen atoms in total. The molecule has 0 saturated heterocycles. The van der Waals surface area contributed by atoms with Crippen LogP contribution in [-0.4, -0.2) is 10.3 Å². The van der Waals surface area contributed by atoms with Gasteiger partial charge >= 0.3 is 0 Å². The summed E-state index contributed by atoms with van der Waals surface area (Å²) in [6.45, 7) is 0. The van der Waals surface area contributed by atoms with E-state index in [2.05, 4.69) is 192 Å². The maximum atomic E-state index is 6.89. The molecule has 0 spiro atoms. The highest BCUT2D eigenvalue weighted by Gasteiger charge is 2.24. The fraction of sp³-hybridized carbons (Fsp3) is 0.0200. The number of furan rings is 1. The van der Waals surface area contributed by atoms with Gasteiger partial charge in [-0.2, -0.15) is 0 Å². The minimum Gasteiger partial charge on any atom is -0.454 e. The zero-order valence-corrected chi connectivity index (χ0v) is 29.3. The minimum atomic E-state index is -0.283. The Kier molecular flexibility index (Phi) is 6.89. The van der Waals surface area contributed by atoms with Gasteiger partial charge in [-0.3, -0.25) is 4.99 Å². The van der Waals surface area contributed by atoms with Crippen molar-refractivity contribution in [1.82, 2.24) is 4.57 Å². The van der Waals surface area contributed by atoms with Crippen LogP contribution in [0.4, 0.5) is 5.69 Å². The summed E-state index contributed by atoms with van der Waals surface area (Å²) in [5, 5.41) is 8.33. The molecule has 54 heavy (non-hydrogen) atoms. The number of fused-ring (bicyclic) bond motifs is 7. The second-order valence-electron chi connectivity index (χ2n) is 13.9. The summed E-state index contributed by atoms with van der Waals surface area (Å²) < 4.78 is 9.25. The first-order valence-electron chi connectivity index (χ1n) is 18.4. The third-order valence-corrected chi connectivity index (χ3v) is 10.8. The number of rotatable bonds is 5. The van der Waals surface area contributed by atoms with Gasteiger partial charge in [0.1, 0.15) is 11.7 Å². The van der Waals surface area contributed by atoms with Crippen LogP contribution in [0.1, 0.15) is 22.9 Å². The lowest BCUT2D eigenvalue weighted by molar-refractivity contribution is 0.664. The highest BCUT2D eigenvalue weighted by Crippen LogP contribution is 2.42. The normalized spacial score (nSPS) is 14.0. The SMILES string of the molecule is c1ccc(-c2ccc(C3=NC(c4ccc5c(c4)oc4c(-n6c7ccccc7c7c(-c8ccccc8)cccc76)cccc45)Nc4ccccc43)cc2)cc1. The molecule has 254 valence electrons. The number of benzene rings is 8. The zero-order chi connectivity index (χ0) is 35.6. The lowest BCUT2D eigenvalue weighted by Gasteiger charge is -2.26. The van der Waals surface area contributed by atoms with Crippen LogP contribution in [0.5, 0.6) is 0 Å². The van der Waals surface area contributed by atoms with Crippen molar-refractivity contribution in [3.8, 4) is 27.9 Å². The van der Waals surface area contributed by atoms with Gasteiger partial charge in [-0.25, -0.2) is 0 Å². The fourth-order valence-electron chi connectivity index (χ4n) is 8.32. The fourth-order valence-corrected chi connectivity index (χ4v) is 8.32. The first-order chi connectivity index (χ1) is 26.8.